The molecule has 0 fully saturated rings. The van der Waals surface area contributed by atoms with Gasteiger partial charge in [-0.05, 0) is 50.1 Å². The molecule has 0 spiro atoms. The van der Waals surface area contributed by atoms with E-state index in [1.807, 2.05) is 0 Å². The average Bonchev–Trinajstić information content (AvgIpc) is 3.28. The molecule has 4 rings (SSSR count). The Morgan fingerprint density at radius 1 is 1.10 bits per heavy atom. The number of aliphatic carboxylic acids is 1. The van der Waals surface area contributed by atoms with Crippen molar-refractivity contribution in [2.24, 2.45) is 0 Å². The van der Waals surface area contributed by atoms with Crippen molar-refractivity contribution in [1.29, 1.82) is 0 Å². The zero-order chi connectivity index (χ0) is 21.1. The van der Waals surface area contributed by atoms with Gasteiger partial charge in [0.15, 0.2) is 0 Å². The molecule has 3 aromatic rings. The van der Waals surface area contributed by atoms with Crippen molar-refractivity contribution in [3.05, 3.63) is 70.2 Å². The van der Waals surface area contributed by atoms with Crippen molar-refractivity contribution < 1.29 is 14.5 Å². The van der Waals surface area contributed by atoms with Crippen LogP contribution in [-0.2, 0) is 11.3 Å². The fourth-order valence-electron chi connectivity index (χ4n) is 3.73. The maximum Gasteiger partial charge on any atom is 0.303 e. The third-order valence-electron chi connectivity index (χ3n) is 5.15. The molecule has 1 N–H and O–H groups in total. The SMILES string of the molecule is CCN1/C(=C/C(=C/c2sc3ccccc3[n+]2CC)CCC(=O)O)Sc2ccccc21. The molecule has 6 heteroatoms. The summed E-state index contributed by atoms with van der Waals surface area (Å²) in [5.74, 6) is -0.770. The maximum absolute atomic E-state index is 11.3. The number of nitrogens with zero attached hydrogens (tertiary/aromatic N) is 2. The summed E-state index contributed by atoms with van der Waals surface area (Å²) in [6.07, 6.45) is 4.96. The number of thioether (sulfide) groups is 1. The van der Waals surface area contributed by atoms with Crippen molar-refractivity contribution in [2.75, 3.05) is 11.4 Å². The summed E-state index contributed by atoms with van der Waals surface area (Å²) in [4.78, 5) is 14.8. The summed E-state index contributed by atoms with van der Waals surface area (Å²) < 4.78 is 3.54. The first kappa shape index (κ1) is 20.7. The summed E-state index contributed by atoms with van der Waals surface area (Å²) in [5, 5.41) is 11.6. The van der Waals surface area contributed by atoms with Crippen LogP contribution >= 0.6 is 23.1 Å². The van der Waals surface area contributed by atoms with E-state index in [0.29, 0.717) is 6.42 Å². The highest BCUT2D eigenvalue weighted by atomic mass is 32.2. The predicted molar refractivity (Wildman–Crippen MR) is 126 cm³/mol. The van der Waals surface area contributed by atoms with Gasteiger partial charge < -0.3 is 10.0 Å². The summed E-state index contributed by atoms with van der Waals surface area (Å²) in [6.45, 7) is 6.04. The summed E-state index contributed by atoms with van der Waals surface area (Å²) >= 11 is 3.50. The van der Waals surface area contributed by atoms with Crippen LogP contribution in [0.25, 0.3) is 16.3 Å². The van der Waals surface area contributed by atoms with E-state index in [1.54, 1.807) is 23.1 Å². The monoisotopic (exact) mass is 437 g/mol. The van der Waals surface area contributed by atoms with Crippen LogP contribution in [0.4, 0.5) is 5.69 Å². The van der Waals surface area contributed by atoms with Crippen LogP contribution in [0, 0.1) is 0 Å². The first-order valence-corrected chi connectivity index (χ1v) is 11.8. The quantitative estimate of drug-likeness (QED) is 0.465. The van der Waals surface area contributed by atoms with Gasteiger partial charge in [-0.15, -0.1) is 0 Å². The number of para-hydroxylation sites is 2. The molecule has 0 amide bonds. The molecule has 0 atom stereocenters. The standard InChI is InChI=1S/C24H24N2O2S2/c1-3-25-18-9-5-7-11-20(18)29-22(25)15-17(13-14-24(27)28)16-23-26(4-2)19-10-6-8-12-21(19)30-23/h5-12,15-16H,3-4,13-14H2,1-2H3/p+1. The Labute approximate surface area is 185 Å². The van der Waals surface area contributed by atoms with Crippen LogP contribution in [0.2, 0.25) is 0 Å². The molecule has 1 aromatic heterocycles. The Morgan fingerprint density at radius 2 is 1.87 bits per heavy atom. The van der Waals surface area contributed by atoms with Gasteiger partial charge in [0.25, 0.3) is 5.01 Å². The van der Waals surface area contributed by atoms with Gasteiger partial charge in [0, 0.05) is 30.0 Å². The summed E-state index contributed by atoms with van der Waals surface area (Å²) in [5.41, 5.74) is 3.48. The number of rotatable bonds is 7. The van der Waals surface area contributed by atoms with Crippen molar-refractivity contribution in [3.63, 3.8) is 0 Å². The number of carboxylic acids is 1. The number of thiazole rings is 1. The Morgan fingerprint density at radius 3 is 2.63 bits per heavy atom. The lowest BCUT2D eigenvalue weighted by Gasteiger charge is -2.18. The summed E-state index contributed by atoms with van der Waals surface area (Å²) in [6, 6.07) is 16.8. The molecule has 1 aliphatic heterocycles. The highest BCUT2D eigenvalue weighted by Gasteiger charge is 2.24. The second-order valence-corrected chi connectivity index (χ2v) is 9.19. The van der Waals surface area contributed by atoms with Gasteiger partial charge in [-0.1, -0.05) is 47.4 Å². The van der Waals surface area contributed by atoms with Gasteiger partial charge in [-0.25, -0.2) is 0 Å². The van der Waals surface area contributed by atoms with E-state index >= 15 is 0 Å². The molecule has 0 saturated heterocycles. The Hall–Kier alpha value is -2.57. The highest BCUT2D eigenvalue weighted by Crippen LogP contribution is 2.46. The molecule has 4 nitrogen and oxygen atoms in total. The number of aromatic nitrogens is 1. The minimum absolute atomic E-state index is 0.121. The van der Waals surface area contributed by atoms with Crippen molar-refractivity contribution in [2.45, 2.75) is 38.1 Å². The number of allylic oxidation sites excluding steroid dienone is 2. The van der Waals surface area contributed by atoms with Gasteiger partial charge in [-0.2, -0.15) is 4.57 Å². The smallest absolute Gasteiger partial charge is 0.303 e. The molecule has 30 heavy (non-hydrogen) atoms. The van der Waals surface area contributed by atoms with Crippen LogP contribution in [0.5, 0.6) is 0 Å². The minimum Gasteiger partial charge on any atom is -0.481 e. The number of hydrogen-bond acceptors (Lipinski definition) is 4. The van der Waals surface area contributed by atoms with E-state index in [9.17, 15) is 9.90 Å². The van der Waals surface area contributed by atoms with Gasteiger partial charge in [0.05, 0.1) is 10.7 Å². The van der Waals surface area contributed by atoms with Crippen molar-refractivity contribution in [3.8, 4) is 0 Å². The molecule has 0 radical (unpaired) electrons. The largest absolute Gasteiger partial charge is 0.481 e. The van der Waals surface area contributed by atoms with Crippen LogP contribution in [0.3, 0.4) is 0 Å². The molecular weight excluding hydrogens is 412 g/mol. The fraction of sp³-hybridized carbons (Fsp3) is 0.250. The molecule has 0 saturated carbocycles. The second kappa shape index (κ2) is 9.06. The minimum atomic E-state index is -0.770. The molecule has 0 bridgehead atoms. The third kappa shape index (κ3) is 4.16. The van der Waals surface area contributed by atoms with Gasteiger partial charge in [-0.3, -0.25) is 4.79 Å². The zero-order valence-electron chi connectivity index (χ0n) is 17.2. The number of carboxylic acid groups (broad SMARTS) is 1. The maximum atomic E-state index is 11.3. The van der Waals surface area contributed by atoms with Crippen LogP contribution in [0.15, 0.2) is 70.1 Å². The molecule has 2 heterocycles. The molecular formula is C24H25N2O2S2+. The number of carbonyl (C=O) groups is 1. The van der Waals surface area contributed by atoms with Crippen LogP contribution in [-0.4, -0.2) is 17.6 Å². The van der Waals surface area contributed by atoms with Crippen molar-refractivity contribution >= 4 is 51.0 Å². The number of anilines is 1. The Balaban J connectivity index is 1.76. The van der Waals surface area contributed by atoms with E-state index in [4.69, 9.17) is 0 Å². The van der Waals surface area contributed by atoms with Gasteiger partial charge in [0.1, 0.15) is 11.2 Å². The van der Waals surface area contributed by atoms with Gasteiger partial charge in [0.2, 0.25) is 5.52 Å². The lowest BCUT2D eigenvalue weighted by atomic mass is 10.1. The lowest BCUT2D eigenvalue weighted by Crippen LogP contribution is -2.33. The van der Waals surface area contributed by atoms with Crippen LogP contribution in [0.1, 0.15) is 31.7 Å². The molecule has 0 aliphatic carbocycles. The Bertz CT molecular complexity index is 1150. The second-order valence-electron chi connectivity index (χ2n) is 7.06. The van der Waals surface area contributed by atoms with Crippen LogP contribution < -0.4 is 9.47 Å². The predicted octanol–water partition coefficient (Wildman–Crippen LogP) is 5.93. The topological polar surface area (TPSA) is 44.4 Å². The summed E-state index contributed by atoms with van der Waals surface area (Å²) in [7, 11) is 0. The number of benzene rings is 2. The first-order chi connectivity index (χ1) is 14.6. The third-order valence-corrected chi connectivity index (χ3v) is 7.38. The van der Waals surface area contributed by atoms with Gasteiger partial charge >= 0.3 is 5.97 Å². The van der Waals surface area contributed by atoms with E-state index in [2.05, 4.69) is 84.0 Å². The van der Waals surface area contributed by atoms with Crippen molar-refractivity contribution in [1.82, 2.24) is 0 Å². The average molecular weight is 438 g/mol. The number of aryl methyl sites for hydroxylation is 1. The first-order valence-electron chi connectivity index (χ1n) is 10.2. The molecule has 1 aliphatic rings. The van der Waals surface area contributed by atoms with E-state index in [-0.39, 0.29) is 6.42 Å². The molecule has 2 aromatic carbocycles. The Kier molecular flexibility index (Phi) is 6.25. The number of fused-ring (bicyclic) bond motifs is 2. The molecule has 0 unspecified atom stereocenters. The van der Waals surface area contributed by atoms with E-state index in [0.717, 1.165) is 28.7 Å². The fourth-order valence-corrected chi connectivity index (χ4v) is 6.13. The molecule has 154 valence electrons. The highest BCUT2D eigenvalue weighted by molar-refractivity contribution is 8.03. The zero-order valence-corrected chi connectivity index (χ0v) is 18.8. The normalized spacial score (nSPS) is 15.2. The van der Waals surface area contributed by atoms with E-state index in [1.165, 1.54) is 20.8 Å². The van der Waals surface area contributed by atoms with E-state index < -0.39 is 5.97 Å². The number of hydrogen-bond donors (Lipinski definition) is 1. The lowest BCUT2D eigenvalue weighted by molar-refractivity contribution is -0.665.